The first-order valence-electron chi connectivity index (χ1n) is 10.4. The summed E-state index contributed by atoms with van der Waals surface area (Å²) in [6.45, 7) is 2.56. The lowest BCUT2D eigenvalue weighted by molar-refractivity contribution is -0.133. The fraction of sp³-hybridized carbons (Fsp3) is 0.375. The van der Waals surface area contributed by atoms with Gasteiger partial charge in [0.15, 0.2) is 5.78 Å². The largest absolute Gasteiger partial charge is 0.489 e. The molecule has 3 aliphatic rings. The Labute approximate surface area is 195 Å². The Morgan fingerprint density at radius 1 is 1.10 bits per heavy atom. The second kappa shape index (κ2) is 9.48. The van der Waals surface area contributed by atoms with Gasteiger partial charge in [0.05, 0.1) is 19.0 Å². The molecule has 5 rings (SSSR count). The van der Waals surface area contributed by atoms with Gasteiger partial charge in [-0.3, -0.25) is 14.4 Å². The fourth-order valence-electron chi connectivity index (χ4n) is 4.50. The van der Waals surface area contributed by atoms with Crippen molar-refractivity contribution in [3.63, 3.8) is 0 Å². The molecular formula is C24H25IN2O4. The summed E-state index contributed by atoms with van der Waals surface area (Å²) in [5.41, 5.74) is 5.13. The number of Topliss-reactive ketones (excluding diaryl/α,β-unsaturated/α-hetero) is 2. The molecule has 162 valence electrons. The van der Waals surface area contributed by atoms with Crippen LogP contribution >= 0.6 is 22.6 Å². The molecule has 1 fully saturated rings. The van der Waals surface area contributed by atoms with E-state index in [1.807, 2.05) is 17.1 Å². The molecule has 0 saturated heterocycles. The Morgan fingerprint density at radius 2 is 1.90 bits per heavy atom. The first-order chi connectivity index (χ1) is 15.1. The number of nitrogens with zero attached hydrogens (tertiary/aromatic N) is 1. The molecule has 6 nitrogen and oxygen atoms in total. The van der Waals surface area contributed by atoms with Crippen LogP contribution in [0, 0.1) is 0 Å². The van der Waals surface area contributed by atoms with Crippen LogP contribution in [-0.2, 0) is 35.8 Å². The molecule has 1 atom stereocenters. The van der Waals surface area contributed by atoms with Crippen molar-refractivity contribution in [2.24, 2.45) is 0 Å². The Balaban J connectivity index is 0.00000112. The third-order valence-corrected chi connectivity index (χ3v) is 6.06. The van der Waals surface area contributed by atoms with E-state index in [1.165, 1.54) is 11.1 Å². The molecule has 31 heavy (non-hydrogen) atoms. The van der Waals surface area contributed by atoms with Crippen molar-refractivity contribution in [1.29, 1.82) is 0 Å². The minimum atomic E-state index is -0.510. The van der Waals surface area contributed by atoms with E-state index in [0.717, 1.165) is 24.2 Å². The van der Waals surface area contributed by atoms with Gasteiger partial charge in [0.2, 0.25) is 0 Å². The van der Waals surface area contributed by atoms with Gasteiger partial charge < -0.3 is 15.0 Å². The highest BCUT2D eigenvalue weighted by molar-refractivity contribution is 14.1. The third-order valence-electron chi connectivity index (χ3n) is 6.06. The van der Waals surface area contributed by atoms with Crippen LogP contribution in [0.4, 0.5) is 0 Å². The lowest BCUT2D eigenvalue weighted by Gasteiger charge is -2.29. The summed E-state index contributed by atoms with van der Waals surface area (Å²) in [7, 11) is 0. The van der Waals surface area contributed by atoms with Gasteiger partial charge >= 0.3 is 0 Å². The first-order valence-corrected chi connectivity index (χ1v) is 12.5. The number of amides is 1. The molecule has 7 heteroatoms. The summed E-state index contributed by atoms with van der Waals surface area (Å²) < 4.78 is 6.08. The Morgan fingerprint density at radius 3 is 2.71 bits per heavy atom. The molecule has 0 spiro atoms. The zero-order valence-electron chi connectivity index (χ0n) is 17.4. The van der Waals surface area contributed by atoms with Crippen molar-refractivity contribution in [3.05, 3.63) is 64.2 Å². The van der Waals surface area contributed by atoms with Gasteiger partial charge in [-0.25, -0.2) is 0 Å². The van der Waals surface area contributed by atoms with Gasteiger partial charge in [0.1, 0.15) is 18.1 Å². The molecule has 2 aromatic rings. The summed E-state index contributed by atoms with van der Waals surface area (Å²) in [5, 5.41) is 3.34. The van der Waals surface area contributed by atoms with Crippen molar-refractivity contribution in [3.8, 4) is 5.75 Å². The van der Waals surface area contributed by atoms with E-state index in [1.54, 1.807) is 11.0 Å². The molecule has 2 aliphatic heterocycles. The number of alkyl halides is 1. The van der Waals surface area contributed by atoms with Crippen molar-refractivity contribution in [1.82, 2.24) is 10.2 Å². The second-order valence-electron chi connectivity index (χ2n) is 7.95. The predicted octanol–water partition coefficient (Wildman–Crippen LogP) is 3.57. The van der Waals surface area contributed by atoms with Crippen LogP contribution in [0.2, 0.25) is 0 Å². The molecule has 0 aromatic heterocycles. The molecule has 2 heterocycles. The van der Waals surface area contributed by atoms with Crippen LogP contribution < -0.4 is 10.1 Å². The number of ether oxygens (including phenoxy) is 1. The van der Waals surface area contributed by atoms with Gasteiger partial charge in [0, 0.05) is 30.6 Å². The molecule has 1 aliphatic carbocycles. The molecule has 0 bridgehead atoms. The zero-order chi connectivity index (χ0) is 22.0. The van der Waals surface area contributed by atoms with Crippen molar-refractivity contribution >= 4 is 40.1 Å². The maximum atomic E-state index is 12.9. The van der Waals surface area contributed by atoms with Crippen LogP contribution in [0.5, 0.6) is 5.75 Å². The Bertz CT molecular complexity index is 1040. The van der Waals surface area contributed by atoms with Gasteiger partial charge in [-0.15, -0.1) is 0 Å². The van der Waals surface area contributed by atoms with E-state index in [4.69, 9.17) is 4.74 Å². The molecular weight excluding hydrogens is 507 g/mol. The number of carbonyl (C=O) groups is 3. The minimum Gasteiger partial charge on any atom is -0.489 e. The number of benzene rings is 2. The van der Waals surface area contributed by atoms with Crippen LogP contribution in [-0.4, -0.2) is 33.3 Å². The number of rotatable bonds is 4. The van der Waals surface area contributed by atoms with Crippen LogP contribution in [0.1, 0.15) is 51.9 Å². The van der Waals surface area contributed by atoms with Crippen LogP contribution in [0.3, 0.4) is 0 Å². The number of halogens is 1. The van der Waals surface area contributed by atoms with Crippen molar-refractivity contribution in [2.45, 2.75) is 51.5 Å². The number of nitrogens with one attached hydrogen (secondary N) is 1. The normalized spacial score (nSPS) is 19.6. The van der Waals surface area contributed by atoms with Gasteiger partial charge in [0.25, 0.3) is 5.91 Å². The highest BCUT2D eigenvalue weighted by Gasteiger charge is 2.39. The van der Waals surface area contributed by atoms with E-state index >= 15 is 0 Å². The van der Waals surface area contributed by atoms with E-state index in [2.05, 4.69) is 46.1 Å². The average molecular weight is 532 g/mol. The summed E-state index contributed by atoms with van der Waals surface area (Å²) in [6, 6.07) is 11.3. The molecule has 1 saturated carbocycles. The SMILES string of the molecule is CI.O=C1CCC(N2Cc3c(OCc4ccc5c(c4)CNC5)cccc3C2=O)C(=O)C1. The standard InChI is InChI=1S/C23H22N2O4.CH3I/c26-17-6-7-20(21(27)9-17)25-12-19-18(23(25)28)2-1-3-22(19)29-13-14-4-5-15-10-24-11-16(15)8-14;1-2/h1-5,8,20,24H,6-7,9-13H2;1H3. The summed E-state index contributed by atoms with van der Waals surface area (Å²) in [5.74, 6) is 0.332. The van der Waals surface area contributed by atoms with E-state index in [9.17, 15) is 14.4 Å². The van der Waals surface area contributed by atoms with E-state index < -0.39 is 6.04 Å². The highest BCUT2D eigenvalue weighted by atomic mass is 127. The molecule has 1 unspecified atom stereocenters. The second-order valence-corrected chi connectivity index (χ2v) is 7.95. The fourth-order valence-corrected chi connectivity index (χ4v) is 4.50. The topological polar surface area (TPSA) is 75.7 Å². The number of hydrogen-bond donors (Lipinski definition) is 1. The highest BCUT2D eigenvalue weighted by Crippen LogP contribution is 2.34. The molecule has 0 radical (unpaired) electrons. The number of carbonyl (C=O) groups excluding carboxylic acids is 3. The van der Waals surface area contributed by atoms with E-state index in [-0.39, 0.29) is 23.9 Å². The molecule has 1 amide bonds. The summed E-state index contributed by atoms with van der Waals surface area (Å²) >= 11 is 2.15. The monoisotopic (exact) mass is 532 g/mol. The first kappa shape index (κ1) is 22.0. The smallest absolute Gasteiger partial charge is 0.255 e. The predicted molar refractivity (Wildman–Crippen MR) is 125 cm³/mol. The van der Waals surface area contributed by atoms with E-state index in [0.29, 0.717) is 37.3 Å². The number of fused-ring (bicyclic) bond motifs is 2. The lowest BCUT2D eigenvalue weighted by Crippen LogP contribution is -2.44. The summed E-state index contributed by atoms with van der Waals surface area (Å²) in [6.07, 6.45) is 0.700. The third kappa shape index (κ3) is 4.39. The minimum absolute atomic E-state index is 0.0380. The molecule has 1 N–H and O–H groups in total. The van der Waals surface area contributed by atoms with Crippen molar-refractivity contribution in [2.75, 3.05) is 4.93 Å². The average Bonchev–Trinajstić information content (AvgIpc) is 3.38. The molecule has 2 aromatic carbocycles. The maximum Gasteiger partial charge on any atom is 0.255 e. The van der Waals surface area contributed by atoms with Gasteiger partial charge in [-0.05, 0) is 40.2 Å². The zero-order valence-corrected chi connectivity index (χ0v) is 19.6. The van der Waals surface area contributed by atoms with Gasteiger partial charge in [-0.1, -0.05) is 46.9 Å². The Hall–Kier alpha value is -2.26. The van der Waals surface area contributed by atoms with Crippen LogP contribution in [0.15, 0.2) is 36.4 Å². The van der Waals surface area contributed by atoms with Crippen molar-refractivity contribution < 1.29 is 19.1 Å². The van der Waals surface area contributed by atoms with Gasteiger partial charge in [-0.2, -0.15) is 0 Å². The van der Waals surface area contributed by atoms with Crippen LogP contribution in [0.25, 0.3) is 0 Å². The quantitative estimate of drug-likeness (QED) is 0.371. The summed E-state index contributed by atoms with van der Waals surface area (Å²) in [4.78, 5) is 40.3. The Kier molecular flexibility index (Phi) is 6.71. The lowest BCUT2D eigenvalue weighted by atomic mass is 9.92. The number of ketones is 2. The number of hydrogen-bond acceptors (Lipinski definition) is 5. The maximum absolute atomic E-state index is 12.9.